The average molecular weight is 378 g/mol. The van der Waals surface area contributed by atoms with Crippen molar-refractivity contribution in [2.75, 3.05) is 19.7 Å². The van der Waals surface area contributed by atoms with Crippen LogP contribution in [0.5, 0.6) is 5.88 Å². The summed E-state index contributed by atoms with van der Waals surface area (Å²) in [5.74, 6) is 2.26. The molecule has 1 aliphatic heterocycles. The molecule has 4 rings (SSSR count). The van der Waals surface area contributed by atoms with E-state index in [1.165, 1.54) is 18.4 Å². The van der Waals surface area contributed by atoms with Crippen LogP contribution in [0.1, 0.15) is 41.4 Å². The molecule has 0 amide bonds. The van der Waals surface area contributed by atoms with Crippen LogP contribution in [0, 0.1) is 0 Å². The van der Waals surface area contributed by atoms with Crippen LogP contribution in [0.15, 0.2) is 18.2 Å². The molecule has 0 bridgehead atoms. The Hall–Kier alpha value is -1.36. The summed E-state index contributed by atoms with van der Waals surface area (Å²) < 4.78 is 6.10. The molecular weight excluding hydrogens is 357 g/mol. The Morgan fingerprint density at radius 3 is 2.72 bits per heavy atom. The van der Waals surface area contributed by atoms with Crippen molar-refractivity contribution >= 4 is 23.2 Å². The van der Waals surface area contributed by atoms with Gasteiger partial charge in [-0.1, -0.05) is 29.3 Å². The molecule has 1 aliphatic carbocycles. The maximum Gasteiger partial charge on any atom is 0.220 e. The van der Waals surface area contributed by atoms with Gasteiger partial charge in [-0.25, -0.2) is 4.98 Å². The molecule has 0 atom stereocenters. The summed E-state index contributed by atoms with van der Waals surface area (Å²) in [7, 11) is 0. The topological polar surface area (TPSA) is 47.0 Å². The van der Waals surface area contributed by atoms with Crippen molar-refractivity contribution in [3.05, 3.63) is 50.9 Å². The van der Waals surface area contributed by atoms with Gasteiger partial charge in [0.15, 0.2) is 0 Å². The molecule has 132 valence electrons. The van der Waals surface area contributed by atoms with E-state index >= 15 is 0 Å². The lowest BCUT2D eigenvalue weighted by atomic mass is 10.1. The number of fused-ring (bicyclic) bond motifs is 1. The quantitative estimate of drug-likeness (QED) is 0.855. The van der Waals surface area contributed by atoms with E-state index in [1.807, 2.05) is 18.2 Å². The third-order valence-corrected chi connectivity index (χ3v) is 5.46. The Morgan fingerprint density at radius 1 is 1.08 bits per heavy atom. The van der Waals surface area contributed by atoms with Crippen LogP contribution in [0.4, 0.5) is 0 Å². The number of benzene rings is 1. The van der Waals surface area contributed by atoms with Crippen molar-refractivity contribution in [3.63, 3.8) is 0 Å². The fraction of sp³-hybridized carbons (Fsp3) is 0.474. The van der Waals surface area contributed by atoms with Gasteiger partial charge in [0, 0.05) is 30.9 Å². The largest absolute Gasteiger partial charge is 0.477 e. The maximum absolute atomic E-state index is 6.10. The molecule has 1 N–H and O–H groups in total. The lowest BCUT2D eigenvalue weighted by molar-refractivity contribution is 0.303. The van der Waals surface area contributed by atoms with E-state index < -0.39 is 0 Å². The number of aromatic nitrogens is 2. The van der Waals surface area contributed by atoms with E-state index in [-0.39, 0.29) is 0 Å². The summed E-state index contributed by atoms with van der Waals surface area (Å²) in [4.78, 5) is 9.56. The minimum atomic E-state index is 0.527. The van der Waals surface area contributed by atoms with Crippen molar-refractivity contribution < 1.29 is 4.74 Å². The first-order chi connectivity index (χ1) is 12.2. The van der Waals surface area contributed by atoms with Crippen LogP contribution in [-0.4, -0.2) is 29.7 Å². The van der Waals surface area contributed by atoms with Crippen molar-refractivity contribution in [1.82, 2.24) is 15.3 Å². The molecule has 6 heteroatoms. The lowest BCUT2D eigenvalue weighted by Crippen LogP contribution is -2.16. The summed E-state index contributed by atoms with van der Waals surface area (Å²) in [6.07, 6.45) is 5.02. The summed E-state index contributed by atoms with van der Waals surface area (Å²) in [6.45, 7) is 2.48. The van der Waals surface area contributed by atoms with Gasteiger partial charge >= 0.3 is 0 Å². The Kier molecular flexibility index (Phi) is 5.11. The second-order valence-corrected chi connectivity index (χ2v) is 7.50. The van der Waals surface area contributed by atoms with Gasteiger partial charge in [0.05, 0.1) is 22.3 Å². The summed E-state index contributed by atoms with van der Waals surface area (Å²) in [5.41, 5.74) is 3.44. The molecule has 1 fully saturated rings. The minimum absolute atomic E-state index is 0.527. The summed E-state index contributed by atoms with van der Waals surface area (Å²) in [5, 5.41) is 4.59. The van der Waals surface area contributed by atoms with Gasteiger partial charge in [0.2, 0.25) is 5.88 Å². The zero-order chi connectivity index (χ0) is 17.2. The van der Waals surface area contributed by atoms with Gasteiger partial charge in [-0.05, 0) is 43.5 Å². The molecule has 2 heterocycles. The molecule has 0 saturated heterocycles. The predicted molar refractivity (Wildman–Crippen MR) is 99.9 cm³/mol. The lowest BCUT2D eigenvalue weighted by Gasteiger charge is -2.14. The number of hydrogen-bond donors (Lipinski definition) is 1. The highest BCUT2D eigenvalue weighted by molar-refractivity contribution is 6.42. The Morgan fingerprint density at radius 2 is 1.92 bits per heavy atom. The van der Waals surface area contributed by atoms with Gasteiger partial charge in [-0.3, -0.25) is 0 Å². The van der Waals surface area contributed by atoms with E-state index in [4.69, 9.17) is 37.9 Å². The molecule has 1 aromatic heterocycles. The molecule has 25 heavy (non-hydrogen) atoms. The van der Waals surface area contributed by atoms with Gasteiger partial charge in [0.25, 0.3) is 0 Å². The van der Waals surface area contributed by atoms with E-state index in [0.717, 1.165) is 55.3 Å². The van der Waals surface area contributed by atoms with Crippen LogP contribution >= 0.6 is 23.2 Å². The molecular formula is C19H21Cl2N3O. The SMILES string of the molecule is Clc1ccc(CCOc2nc(C3CC3)nc3c2CCNCC3)cc1Cl. The van der Waals surface area contributed by atoms with Crippen molar-refractivity contribution in [2.45, 2.75) is 38.0 Å². The van der Waals surface area contributed by atoms with Crippen LogP contribution in [0.2, 0.25) is 10.0 Å². The number of rotatable bonds is 5. The van der Waals surface area contributed by atoms with Crippen molar-refractivity contribution in [2.24, 2.45) is 0 Å². The Labute approximate surface area is 157 Å². The van der Waals surface area contributed by atoms with Gasteiger partial charge in [-0.15, -0.1) is 0 Å². The molecule has 0 spiro atoms. The monoisotopic (exact) mass is 377 g/mol. The molecule has 2 aromatic rings. The van der Waals surface area contributed by atoms with Crippen LogP contribution in [0.3, 0.4) is 0 Å². The number of halogens is 2. The Balaban J connectivity index is 1.50. The number of nitrogens with one attached hydrogen (secondary N) is 1. The zero-order valence-electron chi connectivity index (χ0n) is 14.0. The number of ether oxygens (including phenoxy) is 1. The molecule has 4 nitrogen and oxygen atoms in total. The highest BCUT2D eigenvalue weighted by Crippen LogP contribution is 2.39. The summed E-state index contributed by atoms with van der Waals surface area (Å²) in [6, 6.07) is 5.71. The predicted octanol–water partition coefficient (Wildman–Crippen LogP) is 3.97. The highest BCUT2D eigenvalue weighted by atomic mass is 35.5. The molecule has 0 unspecified atom stereocenters. The smallest absolute Gasteiger partial charge is 0.220 e. The fourth-order valence-electron chi connectivity index (χ4n) is 3.13. The van der Waals surface area contributed by atoms with Crippen LogP contribution in [-0.2, 0) is 19.3 Å². The summed E-state index contributed by atoms with van der Waals surface area (Å²) >= 11 is 12.1. The molecule has 1 saturated carbocycles. The van der Waals surface area contributed by atoms with E-state index in [0.29, 0.717) is 22.6 Å². The maximum atomic E-state index is 6.10. The van der Waals surface area contributed by atoms with Crippen LogP contribution in [0.25, 0.3) is 0 Å². The number of nitrogens with zero attached hydrogens (tertiary/aromatic N) is 2. The molecule has 0 radical (unpaired) electrons. The average Bonchev–Trinajstić information content (AvgIpc) is 3.44. The van der Waals surface area contributed by atoms with Gasteiger partial charge < -0.3 is 10.1 Å². The van der Waals surface area contributed by atoms with E-state index in [9.17, 15) is 0 Å². The zero-order valence-corrected chi connectivity index (χ0v) is 15.5. The van der Waals surface area contributed by atoms with E-state index in [2.05, 4.69) is 5.32 Å². The van der Waals surface area contributed by atoms with Crippen LogP contribution < -0.4 is 10.1 Å². The minimum Gasteiger partial charge on any atom is -0.477 e. The second-order valence-electron chi connectivity index (χ2n) is 6.68. The van der Waals surface area contributed by atoms with Crippen molar-refractivity contribution in [3.8, 4) is 5.88 Å². The highest BCUT2D eigenvalue weighted by Gasteiger charge is 2.29. The second kappa shape index (κ2) is 7.48. The fourth-order valence-corrected chi connectivity index (χ4v) is 3.45. The molecule has 2 aliphatic rings. The first kappa shape index (κ1) is 17.1. The third-order valence-electron chi connectivity index (χ3n) is 4.72. The normalized spacial score (nSPS) is 17.0. The van der Waals surface area contributed by atoms with Gasteiger partial charge in [0.1, 0.15) is 5.82 Å². The Bertz CT molecular complexity index is 778. The first-order valence-electron chi connectivity index (χ1n) is 8.88. The third kappa shape index (κ3) is 4.08. The number of hydrogen-bond acceptors (Lipinski definition) is 4. The molecule has 1 aromatic carbocycles. The standard InChI is InChI=1S/C19H21Cl2N3O/c20-15-4-1-12(11-16(15)21)7-10-25-19-14-5-8-22-9-6-17(14)23-18(24-19)13-2-3-13/h1,4,11,13,22H,2-3,5-10H2. The van der Waals surface area contributed by atoms with Crippen molar-refractivity contribution in [1.29, 1.82) is 0 Å². The first-order valence-corrected chi connectivity index (χ1v) is 9.63. The van der Waals surface area contributed by atoms with Gasteiger partial charge in [-0.2, -0.15) is 4.98 Å². The van der Waals surface area contributed by atoms with E-state index in [1.54, 1.807) is 0 Å².